The standard InChI is InChI=1S/C26H30N4O5/c1-17-6-8-20(9-7-17)35-24-16-23(27-18(2)28-24)29-10-12-30(13-11-29)26(31)19-14-21(32-3)25(34-5)22(15-19)33-4/h6-9,14-16H,10-13H2,1-5H3. The van der Waals surface area contributed by atoms with Gasteiger partial charge in [0.05, 0.1) is 21.3 Å². The van der Waals surface area contributed by atoms with Crippen LogP contribution in [0.1, 0.15) is 21.7 Å². The van der Waals surface area contributed by atoms with Gasteiger partial charge in [-0.25, -0.2) is 4.98 Å². The number of carbonyl (C=O) groups excluding carboxylic acids is 1. The van der Waals surface area contributed by atoms with Gasteiger partial charge < -0.3 is 28.7 Å². The zero-order chi connectivity index (χ0) is 24.9. The fraction of sp³-hybridized carbons (Fsp3) is 0.346. The van der Waals surface area contributed by atoms with Crippen molar-refractivity contribution in [2.45, 2.75) is 13.8 Å². The van der Waals surface area contributed by atoms with Gasteiger partial charge in [-0.3, -0.25) is 4.79 Å². The van der Waals surface area contributed by atoms with Crippen LogP contribution in [0.2, 0.25) is 0 Å². The van der Waals surface area contributed by atoms with Crippen LogP contribution in [-0.2, 0) is 0 Å². The Morgan fingerprint density at radius 2 is 1.46 bits per heavy atom. The molecule has 2 heterocycles. The zero-order valence-electron chi connectivity index (χ0n) is 20.7. The summed E-state index contributed by atoms with van der Waals surface area (Å²) in [5, 5.41) is 0. The van der Waals surface area contributed by atoms with E-state index in [1.165, 1.54) is 21.3 Å². The fourth-order valence-corrected chi connectivity index (χ4v) is 3.99. The normalized spacial score (nSPS) is 13.4. The van der Waals surface area contributed by atoms with Crippen LogP contribution in [-0.4, -0.2) is 68.3 Å². The van der Waals surface area contributed by atoms with Gasteiger partial charge >= 0.3 is 0 Å². The maximum absolute atomic E-state index is 13.2. The Labute approximate surface area is 205 Å². The van der Waals surface area contributed by atoms with Crippen LogP contribution in [0.15, 0.2) is 42.5 Å². The number of carbonyl (C=O) groups is 1. The SMILES string of the molecule is COc1cc(C(=O)N2CCN(c3cc(Oc4ccc(C)cc4)nc(C)n3)CC2)cc(OC)c1OC. The number of methoxy groups -OCH3 is 3. The second kappa shape index (κ2) is 10.5. The number of aryl methyl sites for hydroxylation is 2. The molecule has 1 saturated heterocycles. The number of nitrogens with zero attached hydrogens (tertiary/aromatic N) is 4. The summed E-state index contributed by atoms with van der Waals surface area (Å²) >= 11 is 0. The average Bonchev–Trinajstić information content (AvgIpc) is 2.88. The summed E-state index contributed by atoms with van der Waals surface area (Å²) in [6.07, 6.45) is 0. The summed E-state index contributed by atoms with van der Waals surface area (Å²) in [4.78, 5) is 26.2. The Balaban J connectivity index is 1.45. The topological polar surface area (TPSA) is 86.3 Å². The van der Waals surface area contributed by atoms with E-state index < -0.39 is 0 Å². The molecule has 4 rings (SSSR count). The molecular formula is C26H30N4O5. The molecule has 0 bridgehead atoms. The zero-order valence-corrected chi connectivity index (χ0v) is 20.7. The van der Waals surface area contributed by atoms with Crippen LogP contribution in [0.3, 0.4) is 0 Å². The van der Waals surface area contributed by atoms with Crippen LogP contribution in [0, 0.1) is 13.8 Å². The van der Waals surface area contributed by atoms with Crippen molar-refractivity contribution < 1.29 is 23.7 Å². The highest BCUT2D eigenvalue weighted by Gasteiger charge is 2.26. The first-order valence-electron chi connectivity index (χ1n) is 11.4. The van der Waals surface area contributed by atoms with Gasteiger partial charge in [0.2, 0.25) is 11.6 Å². The minimum absolute atomic E-state index is 0.0915. The smallest absolute Gasteiger partial charge is 0.254 e. The van der Waals surface area contributed by atoms with Gasteiger partial charge in [-0.2, -0.15) is 4.98 Å². The monoisotopic (exact) mass is 478 g/mol. The second-order valence-corrected chi connectivity index (χ2v) is 8.22. The van der Waals surface area contributed by atoms with Crippen molar-refractivity contribution >= 4 is 11.7 Å². The molecule has 2 aromatic carbocycles. The predicted molar refractivity (Wildman–Crippen MR) is 132 cm³/mol. The first-order chi connectivity index (χ1) is 16.9. The van der Waals surface area contributed by atoms with Crippen LogP contribution in [0.4, 0.5) is 5.82 Å². The lowest BCUT2D eigenvalue weighted by Gasteiger charge is -2.35. The van der Waals surface area contributed by atoms with Crippen LogP contribution >= 0.6 is 0 Å². The Kier molecular flexibility index (Phi) is 7.24. The molecule has 0 spiro atoms. The summed E-state index contributed by atoms with van der Waals surface area (Å²) in [5.41, 5.74) is 1.65. The third-order valence-electron chi connectivity index (χ3n) is 5.85. The van der Waals surface area contributed by atoms with E-state index in [0.29, 0.717) is 60.7 Å². The number of hydrogen-bond donors (Lipinski definition) is 0. The Bertz CT molecular complexity index is 1170. The minimum atomic E-state index is -0.0915. The van der Waals surface area contributed by atoms with Gasteiger partial charge in [-0.1, -0.05) is 17.7 Å². The Morgan fingerprint density at radius 3 is 2.03 bits per heavy atom. The minimum Gasteiger partial charge on any atom is -0.493 e. The molecular weight excluding hydrogens is 448 g/mol. The van der Waals surface area contributed by atoms with Crippen molar-refractivity contribution in [2.24, 2.45) is 0 Å². The van der Waals surface area contributed by atoms with E-state index in [1.807, 2.05) is 49.1 Å². The molecule has 1 amide bonds. The van der Waals surface area contributed by atoms with E-state index in [9.17, 15) is 4.79 Å². The van der Waals surface area contributed by atoms with Gasteiger partial charge in [0.1, 0.15) is 17.4 Å². The lowest BCUT2D eigenvalue weighted by molar-refractivity contribution is 0.0745. The predicted octanol–water partition coefficient (Wildman–Crippen LogP) is 3.87. The number of anilines is 1. The third kappa shape index (κ3) is 5.40. The molecule has 184 valence electrons. The quantitative estimate of drug-likeness (QED) is 0.506. The molecule has 0 unspecified atom stereocenters. The van der Waals surface area contributed by atoms with Crippen LogP contribution < -0.4 is 23.8 Å². The van der Waals surface area contributed by atoms with Gasteiger partial charge in [0, 0.05) is 37.8 Å². The highest BCUT2D eigenvalue weighted by Crippen LogP contribution is 2.38. The first-order valence-corrected chi connectivity index (χ1v) is 11.4. The number of rotatable bonds is 7. The molecule has 0 saturated carbocycles. The second-order valence-electron chi connectivity index (χ2n) is 8.22. The maximum Gasteiger partial charge on any atom is 0.254 e. The summed E-state index contributed by atoms with van der Waals surface area (Å²) in [5.74, 6) is 3.89. The van der Waals surface area contributed by atoms with Crippen molar-refractivity contribution in [3.63, 3.8) is 0 Å². The molecule has 0 N–H and O–H groups in total. The van der Waals surface area contributed by atoms with E-state index in [0.717, 1.165) is 17.1 Å². The van der Waals surface area contributed by atoms with Crippen LogP contribution in [0.5, 0.6) is 28.9 Å². The first kappa shape index (κ1) is 24.1. The van der Waals surface area contributed by atoms with E-state index >= 15 is 0 Å². The molecule has 1 aliphatic heterocycles. The highest BCUT2D eigenvalue weighted by atomic mass is 16.5. The van der Waals surface area contributed by atoms with Gasteiger partial charge in [-0.15, -0.1) is 0 Å². The van der Waals surface area contributed by atoms with Crippen molar-refractivity contribution in [3.8, 4) is 28.9 Å². The van der Waals surface area contributed by atoms with E-state index in [-0.39, 0.29) is 5.91 Å². The fourth-order valence-electron chi connectivity index (χ4n) is 3.99. The molecule has 1 aliphatic rings. The number of hydrogen-bond acceptors (Lipinski definition) is 8. The number of piperazine rings is 1. The molecule has 35 heavy (non-hydrogen) atoms. The van der Waals surface area contributed by atoms with Crippen molar-refractivity contribution in [1.82, 2.24) is 14.9 Å². The third-order valence-corrected chi connectivity index (χ3v) is 5.85. The molecule has 0 atom stereocenters. The summed E-state index contributed by atoms with van der Waals surface area (Å²) < 4.78 is 22.1. The van der Waals surface area contributed by atoms with E-state index in [2.05, 4.69) is 14.9 Å². The maximum atomic E-state index is 13.2. The number of benzene rings is 2. The van der Waals surface area contributed by atoms with Gasteiger partial charge in [-0.05, 0) is 38.1 Å². The lowest BCUT2D eigenvalue weighted by atomic mass is 10.1. The molecule has 3 aromatic rings. The lowest BCUT2D eigenvalue weighted by Crippen LogP contribution is -2.49. The van der Waals surface area contributed by atoms with Gasteiger partial charge in [0.15, 0.2) is 11.5 Å². The highest BCUT2D eigenvalue weighted by molar-refractivity contribution is 5.95. The van der Waals surface area contributed by atoms with E-state index in [1.54, 1.807) is 12.1 Å². The summed E-state index contributed by atoms with van der Waals surface area (Å²) in [6.45, 7) is 6.24. The molecule has 9 nitrogen and oxygen atoms in total. The van der Waals surface area contributed by atoms with Crippen molar-refractivity contribution in [1.29, 1.82) is 0 Å². The Morgan fingerprint density at radius 1 is 0.829 bits per heavy atom. The molecule has 0 radical (unpaired) electrons. The Hall–Kier alpha value is -4.01. The molecule has 0 aliphatic carbocycles. The molecule has 1 fully saturated rings. The average molecular weight is 479 g/mol. The number of ether oxygens (including phenoxy) is 4. The van der Waals surface area contributed by atoms with Crippen molar-refractivity contribution in [2.75, 3.05) is 52.4 Å². The van der Waals surface area contributed by atoms with Gasteiger partial charge in [0.25, 0.3) is 5.91 Å². The summed E-state index contributed by atoms with van der Waals surface area (Å²) in [6, 6.07) is 13.0. The molecule has 9 heteroatoms. The largest absolute Gasteiger partial charge is 0.493 e. The number of aromatic nitrogens is 2. The summed E-state index contributed by atoms with van der Waals surface area (Å²) in [7, 11) is 4.60. The molecule has 1 aromatic heterocycles. The van der Waals surface area contributed by atoms with Crippen LogP contribution in [0.25, 0.3) is 0 Å². The van der Waals surface area contributed by atoms with Crippen molar-refractivity contribution in [3.05, 3.63) is 59.4 Å². The number of amides is 1. The van der Waals surface area contributed by atoms with E-state index in [4.69, 9.17) is 18.9 Å².